The fraction of sp³-hybridized carbons (Fsp3) is 0.846. The molecule has 15 heavy (non-hydrogen) atoms. The summed E-state index contributed by atoms with van der Waals surface area (Å²) in [5, 5.41) is 3.62. The molecule has 0 aromatic carbocycles. The average molecular weight is 211 g/mol. The van der Waals surface area contributed by atoms with Gasteiger partial charge in [-0.1, -0.05) is 19.9 Å². The summed E-state index contributed by atoms with van der Waals surface area (Å²) < 4.78 is 5.56. The summed E-state index contributed by atoms with van der Waals surface area (Å²) in [6.45, 7) is 10.5. The quantitative estimate of drug-likeness (QED) is 0.682. The van der Waals surface area contributed by atoms with Crippen molar-refractivity contribution in [1.29, 1.82) is 0 Å². The van der Waals surface area contributed by atoms with Crippen LogP contribution in [0.4, 0.5) is 0 Å². The van der Waals surface area contributed by atoms with E-state index in [9.17, 15) is 0 Å². The molecule has 1 N–H and O–H groups in total. The van der Waals surface area contributed by atoms with Crippen LogP contribution in [0.15, 0.2) is 12.7 Å². The van der Waals surface area contributed by atoms with Gasteiger partial charge in [-0.15, -0.1) is 6.58 Å². The Balaban J connectivity index is 2.64. The molecule has 0 saturated heterocycles. The predicted molar refractivity (Wildman–Crippen MR) is 65.0 cm³/mol. The zero-order valence-corrected chi connectivity index (χ0v) is 10.5. The van der Waals surface area contributed by atoms with Crippen LogP contribution in [0.25, 0.3) is 0 Å². The van der Waals surface area contributed by atoms with E-state index < -0.39 is 0 Å². The molecule has 0 aromatic heterocycles. The molecule has 1 aliphatic carbocycles. The molecule has 0 spiro atoms. The molecule has 1 fully saturated rings. The second-order valence-corrected chi connectivity index (χ2v) is 4.64. The van der Waals surface area contributed by atoms with Crippen LogP contribution in [0.1, 0.15) is 40.0 Å². The molecule has 1 saturated carbocycles. The van der Waals surface area contributed by atoms with Crippen LogP contribution in [0.3, 0.4) is 0 Å². The number of methoxy groups -OCH3 is 1. The van der Waals surface area contributed by atoms with Gasteiger partial charge in [-0.2, -0.15) is 0 Å². The van der Waals surface area contributed by atoms with Crippen molar-refractivity contribution in [2.75, 3.05) is 7.11 Å². The van der Waals surface area contributed by atoms with Crippen molar-refractivity contribution in [3.05, 3.63) is 12.7 Å². The molecule has 3 unspecified atom stereocenters. The van der Waals surface area contributed by atoms with Crippen molar-refractivity contribution < 1.29 is 4.74 Å². The number of rotatable bonds is 6. The van der Waals surface area contributed by atoms with Gasteiger partial charge in [0.05, 0.1) is 6.10 Å². The molecule has 0 amide bonds. The van der Waals surface area contributed by atoms with Crippen LogP contribution >= 0.6 is 0 Å². The lowest BCUT2D eigenvalue weighted by molar-refractivity contribution is -0.124. The van der Waals surface area contributed by atoms with Crippen molar-refractivity contribution in [3.8, 4) is 0 Å². The third-order valence-corrected chi connectivity index (χ3v) is 4.20. The van der Waals surface area contributed by atoms with Crippen molar-refractivity contribution >= 4 is 0 Å². The molecule has 0 heterocycles. The molecule has 0 aromatic rings. The van der Waals surface area contributed by atoms with E-state index in [0.717, 1.165) is 6.42 Å². The van der Waals surface area contributed by atoms with Crippen LogP contribution in [0.5, 0.6) is 0 Å². The molecule has 0 bridgehead atoms. The summed E-state index contributed by atoms with van der Waals surface area (Å²) in [7, 11) is 1.83. The van der Waals surface area contributed by atoms with E-state index in [4.69, 9.17) is 4.74 Å². The first kappa shape index (κ1) is 12.7. The molecule has 1 rings (SSSR count). The Morgan fingerprint density at radius 1 is 1.53 bits per heavy atom. The Morgan fingerprint density at radius 3 is 2.53 bits per heavy atom. The van der Waals surface area contributed by atoms with E-state index >= 15 is 0 Å². The fourth-order valence-electron chi connectivity index (χ4n) is 2.90. The highest BCUT2D eigenvalue weighted by Crippen LogP contribution is 2.48. The molecule has 0 aliphatic heterocycles. The van der Waals surface area contributed by atoms with Gasteiger partial charge < -0.3 is 10.1 Å². The summed E-state index contributed by atoms with van der Waals surface area (Å²) in [6, 6.07) is 0.982. The normalized spacial score (nSPS) is 30.7. The maximum atomic E-state index is 5.56. The molecular weight excluding hydrogens is 186 g/mol. The second kappa shape index (κ2) is 5.13. The standard InChI is InChI=1S/C13H25NO/c1-6-10(4)14-11-9-12(15-5)13(11,7-2)8-3/h6,10-12,14H,1,7-9H2,2-5H3. The van der Waals surface area contributed by atoms with Gasteiger partial charge in [-0.05, 0) is 26.2 Å². The Bertz CT molecular complexity index is 211. The zero-order chi connectivity index (χ0) is 11.5. The number of nitrogens with one attached hydrogen (secondary N) is 1. The average Bonchev–Trinajstić information content (AvgIpc) is 2.25. The third kappa shape index (κ3) is 2.11. The minimum atomic E-state index is 0.339. The Morgan fingerprint density at radius 2 is 2.13 bits per heavy atom. The van der Waals surface area contributed by atoms with Gasteiger partial charge >= 0.3 is 0 Å². The summed E-state index contributed by atoms with van der Waals surface area (Å²) in [4.78, 5) is 0. The molecule has 0 radical (unpaired) electrons. The lowest BCUT2D eigenvalue weighted by Gasteiger charge is -2.56. The van der Waals surface area contributed by atoms with Crippen LogP contribution in [-0.2, 0) is 4.74 Å². The smallest absolute Gasteiger partial charge is 0.0657 e. The summed E-state index contributed by atoms with van der Waals surface area (Å²) in [6.07, 6.45) is 5.90. The fourth-order valence-corrected chi connectivity index (χ4v) is 2.90. The van der Waals surface area contributed by atoms with E-state index in [2.05, 4.69) is 32.7 Å². The van der Waals surface area contributed by atoms with Gasteiger partial charge in [0.1, 0.15) is 0 Å². The van der Waals surface area contributed by atoms with Gasteiger partial charge in [0, 0.05) is 24.6 Å². The molecule has 2 heteroatoms. The topological polar surface area (TPSA) is 21.3 Å². The number of hydrogen-bond acceptors (Lipinski definition) is 2. The Hall–Kier alpha value is -0.340. The number of hydrogen-bond donors (Lipinski definition) is 1. The maximum absolute atomic E-state index is 5.56. The van der Waals surface area contributed by atoms with E-state index in [-0.39, 0.29) is 0 Å². The van der Waals surface area contributed by atoms with Gasteiger partial charge in [0.2, 0.25) is 0 Å². The molecule has 1 aliphatic rings. The monoisotopic (exact) mass is 211 g/mol. The van der Waals surface area contributed by atoms with E-state index in [1.165, 1.54) is 12.8 Å². The minimum Gasteiger partial charge on any atom is -0.381 e. The summed E-state index contributed by atoms with van der Waals surface area (Å²) in [5.74, 6) is 0. The van der Waals surface area contributed by atoms with E-state index in [1.54, 1.807) is 0 Å². The lowest BCUT2D eigenvalue weighted by Crippen LogP contribution is -2.64. The highest BCUT2D eigenvalue weighted by Gasteiger charge is 2.52. The van der Waals surface area contributed by atoms with E-state index in [0.29, 0.717) is 23.6 Å². The van der Waals surface area contributed by atoms with Crippen molar-refractivity contribution in [2.24, 2.45) is 5.41 Å². The van der Waals surface area contributed by atoms with Gasteiger partial charge in [0.25, 0.3) is 0 Å². The maximum Gasteiger partial charge on any atom is 0.0657 e. The number of ether oxygens (including phenoxy) is 1. The summed E-state index contributed by atoms with van der Waals surface area (Å²) >= 11 is 0. The lowest BCUT2D eigenvalue weighted by atomic mass is 9.58. The SMILES string of the molecule is C=CC(C)NC1CC(OC)C1(CC)CC. The Kier molecular flexibility index (Phi) is 4.35. The zero-order valence-electron chi connectivity index (χ0n) is 10.5. The summed E-state index contributed by atoms with van der Waals surface area (Å²) in [5.41, 5.74) is 0.339. The van der Waals surface area contributed by atoms with Crippen LogP contribution < -0.4 is 5.32 Å². The van der Waals surface area contributed by atoms with Gasteiger partial charge in [-0.25, -0.2) is 0 Å². The van der Waals surface area contributed by atoms with Crippen LogP contribution in [0.2, 0.25) is 0 Å². The first-order valence-electron chi connectivity index (χ1n) is 6.06. The van der Waals surface area contributed by atoms with Gasteiger partial charge in [-0.3, -0.25) is 0 Å². The highest BCUT2D eigenvalue weighted by atomic mass is 16.5. The molecule has 3 atom stereocenters. The van der Waals surface area contributed by atoms with E-state index in [1.807, 2.05) is 13.2 Å². The molecule has 2 nitrogen and oxygen atoms in total. The first-order chi connectivity index (χ1) is 7.14. The minimum absolute atomic E-state index is 0.339. The molecule has 88 valence electrons. The van der Waals surface area contributed by atoms with Gasteiger partial charge in [0.15, 0.2) is 0 Å². The van der Waals surface area contributed by atoms with Crippen molar-refractivity contribution in [1.82, 2.24) is 5.32 Å². The molecular formula is C13H25NO. The van der Waals surface area contributed by atoms with Crippen LogP contribution in [-0.4, -0.2) is 25.3 Å². The van der Waals surface area contributed by atoms with Crippen LogP contribution in [0, 0.1) is 5.41 Å². The highest BCUT2D eigenvalue weighted by molar-refractivity contribution is 5.08. The predicted octanol–water partition coefficient (Wildman–Crippen LogP) is 2.74. The Labute approximate surface area is 94.1 Å². The van der Waals surface area contributed by atoms with Crippen molar-refractivity contribution in [2.45, 2.75) is 58.2 Å². The first-order valence-corrected chi connectivity index (χ1v) is 6.06. The largest absolute Gasteiger partial charge is 0.381 e. The second-order valence-electron chi connectivity index (χ2n) is 4.64. The van der Waals surface area contributed by atoms with Crippen molar-refractivity contribution in [3.63, 3.8) is 0 Å². The third-order valence-electron chi connectivity index (χ3n) is 4.20.